The summed E-state index contributed by atoms with van der Waals surface area (Å²) in [4.78, 5) is 0. The van der Waals surface area contributed by atoms with Gasteiger partial charge in [-0.3, -0.25) is 0 Å². The Morgan fingerprint density at radius 3 is 1.57 bits per heavy atom. The SMILES string of the molecule is C=CC(=C)C.I.I. The standard InChI is InChI=1S/C5H8.2HI/c1-4-5(2)3;;/h4H,1-2H2,3H3;2*1H. The molecule has 0 fully saturated rings. The van der Waals surface area contributed by atoms with Crippen LogP contribution in [0.3, 0.4) is 0 Å². The first-order valence-corrected chi connectivity index (χ1v) is 1.55. The van der Waals surface area contributed by atoms with E-state index in [0.717, 1.165) is 5.57 Å². The van der Waals surface area contributed by atoms with E-state index < -0.39 is 0 Å². The maximum absolute atomic E-state index is 3.56. The van der Waals surface area contributed by atoms with Gasteiger partial charge in [-0.05, 0) is 6.92 Å². The lowest BCUT2D eigenvalue weighted by Gasteiger charge is -1.71. The fraction of sp³-hybridized carbons (Fsp3) is 0.200. The van der Waals surface area contributed by atoms with Crippen molar-refractivity contribution >= 4 is 48.0 Å². The Bertz CT molecular complexity index is 57.1. The lowest BCUT2D eigenvalue weighted by atomic mass is 10.4. The van der Waals surface area contributed by atoms with Gasteiger partial charge < -0.3 is 0 Å². The van der Waals surface area contributed by atoms with E-state index in [4.69, 9.17) is 0 Å². The summed E-state index contributed by atoms with van der Waals surface area (Å²) in [7, 11) is 0. The summed E-state index contributed by atoms with van der Waals surface area (Å²) in [6.07, 6.45) is 1.72. The average molecular weight is 324 g/mol. The molecule has 0 aliphatic rings. The first-order valence-electron chi connectivity index (χ1n) is 1.55. The minimum Gasteiger partial charge on any atom is -0.107 e. The topological polar surface area (TPSA) is 0 Å². The summed E-state index contributed by atoms with van der Waals surface area (Å²) >= 11 is 0. The van der Waals surface area contributed by atoms with E-state index in [-0.39, 0.29) is 48.0 Å². The van der Waals surface area contributed by atoms with Crippen LogP contribution in [0.1, 0.15) is 6.92 Å². The molecule has 0 amide bonds. The Kier molecular flexibility index (Phi) is 22.5. The van der Waals surface area contributed by atoms with Crippen molar-refractivity contribution in [2.75, 3.05) is 0 Å². The molecule has 0 unspecified atom stereocenters. The maximum atomic E-state index is 3.56. The van der Waals surface area contributed by atoms with Gasteiger partial charge in [0, 0.05) is 0 Å². The van der Waals surface area contributed by atoms with Crippen molar-refractivity contribution in [3.05, 3.63) is 24.8 Å². The molecule has 0 rings (SSSR count). The van der Waals surface area contributed by atoms with Crippen LogP contribution in [-0.4, -0.2) is 0 Å². The zero-order valence-corrected chi connectivity index (χ0v) is 8.97. The zero-order valence-electron chi connectivity index (χ0n) is 4.31. The minimum atomic E-state index is 0. The monoisotopic (exact) mass is 324 g/mol. The van der Waals surface area contributed by atoms with Crippen LogP contribution in [0.25, 0.3) is 0 Å². The van der Waals surface area contributed by atoms with Crippen LogP contribution in [0.4, 0.5) is 0 Å². The van der Waals surface area contributed by atoms with Crippen LogP contribution in [0.2, 0.25) is 0 Å². The van der Waals surface area contributed by atoms with E-state index in [1.54, 1.807) is 6.08 Å². The number of hydrogen-bond donors (Lipinski definition) is 0. The quantitative estimate of drug-likeness (QED) is 0.514. The van der Waals surface area contributed by atoms with Crippen molar-refractivity contribution in [2.24, 2.45) is 0 Å². The molecule has 44 valence electrons. The van der Waals surface area contributed by atoms with Gasteiger partial charge >= 0.3 is 0 Å². The third-order valence-corrected chi connectivity index (χ3v) is 0.348. The van der Waals surface area contributed by atoms with Crippen molar-refractivity contribution in [3.63, 3.8) is 0 Å². The minimum absolute atomic E-state index is 0. The van der Waals surface area contributed by atoms with E-state index in [0.29, 0.717) is 0 Å². The molecule has 0 aromatic rings. The van der Waals surface area contributed by atoms with Gasteiger partial charge in [-0.25, -0.2) is 0 Å². The Hall–Kier alpha value is 0.940. The Labute approximate surface area is 79.1 Å². The molecule has 0 aliphatic carbocycles. The first-order chi connectivity index (χ1) is 2.27. The average Bonchev–Trinajstić information content (AvgIpc) is 1.38. The van der Waals surface area contributed by atoms with Crippen LogP contribution >= 0.6 is 48.0 Å². The van der Waals surface area contributed by atoms with Crippen molar-refractivity contribution in [1.29, 1.82) is 0 Å². The van der Waals surface area contributed by atoms with Crippen molar-refractivity contribution < 1.29 is 0 Å². The van der Waals surface area contributed by atoms with Crippen LogP contribution < -0.4 is 0 Å². The van der Waals surface area contributed by atoms with E-state index in [2.05, 4.69) is 13.2 Å². The Morgan fingerprint density at radius 2 is 1.57 bits per heavy atom. The van der Waals surface area contributed by atoms with Gasteiger partial charge in [0.25, 0.3) is 0 Å². The highest BCUT2D eigenvalue weighted by Gasteiger charge is 1.59. The van der Waals surface area contributed by atoms with Gasteiger partial charge in [0.1, 0.15) is 0 Å². The number of allylic oxidation sites excluding steroid dienone is 2. The van der Waals surface area contributed by atoms with Gasteiger partial charge in [0.2, 0.25) is 0 Å². The van der Waals surface area contributed by atoms with Crippen LogP contribution in [0.15, 0.2) is 24.8 Å². The fourth-order valence-corrected chi connectivity index (χ4v) is 0. The maximum Gasteiger partial charge on any atom is -0.0404 e. The van der Waals surface area contributed by atoms with E-state index in [9.17, 15) is 0 Å². The lowest BCUT2D eigenvalue weighted by molar-refractivity contribution is 1.58. The highest BCUT2D eigenvalue weighted by molar-refractivity contribution is 14.0. The van der Waals surface area contributed by atoms with E-state index >= 15 is 0 Å². The molecular weight excluding hydrogens is 314 g/mol. The molecule has 2 heteroatoms. The first kappa shape index (κ1) is 15.7. The Morgan fingerprint density at radius 1 is 1.43 bits per heavy atom. The predicted octanol–water partition coefficient (Wildman–Crippen LogP) is 2.98. The molecule has 0 nitrogen and oxygen atoms in total. The predicted molar refractivity (Wildman–Crippen MR) is 55.8 cm³/mol. The van der Waals surface area contributed by atoms with E-state index in [1.807, 2.05) is 6.92 Å². The zero-order chi connectivity index (χ0) is 4.28. The third-order valence-electron chi connectivity index (χ3n) is 0.348. The van der Waals surface area contributed by atoms with Crippen molar-refractivity contribution in [2.45, 2.75) is 6.92 Å². The van der Waals surface area contributed by atoms with Gasteiger partial charge in [0.15, 0.2) is 0 Å². The molecule has 0 atom stereocenters. The molecule has 0 saturated carbocycles. The molecule has 0 heterocycles. The molecule has 0 saturated heterocycles. The normalized spacial score (nSPS) is 4.71. The second-order valence-corrected chi connectivity index (χ2v) is 1.05. The highest BCUT2D eigenvalue weighted by atomic mass is 127. The van der Waals surface area contributed by atoms with Gasteiger partial charge in [-0.1, -0.05) is 24.8 Å². The van der Waals surface area contributed by atoms with Gasteiger partial charge in [0.05, 0.1) is 0 Å². The summed E-state index contributed by atoms with van der Waals surface area (Å²) in [6.45, 7) is 8.93. The second-order valence-electron chi connectivity index (χ2n) is 1.05. The molecule has 0 aliphatic heterocycles. The molecule has 0 aromatic heterocycles. The molecule has 0 radical (unpaired) electrons. The molecule has 0 aromatic carbocycles. The van der Waals surface area contributed by atoms with E-state index in [1.165, 1.54) is 0 Å². The summed E-state index contributed by atoms with van der Waals surface area (Å²) in [5.41, 5.74) is 1.02. The molecule has 7 heavy (non-hydrogen) atoms. The smallest absolute Gasteiger partial charge is 0.0404 e. The summed E-state index contributed by atoms with van der Waals surface area (Å²) in [5.74, 6) is 0. The summed E-state index contributed by atoms with van der Waals surface area (Å²) in [6, 6.07) is 0. The van der Waals surface area contributed by atoms with Gasteiger partial charge in [-0.2, -0.15) is 0 Å². The molecular formula is C5H10I2. The van der Waals surface area contributed by atoms with Crippen molar-refractivity contribution in [1.82, 2.24) is 0 Å². The highest BCUT2D eigenvalue weighted by Crippen LogP contribution is 1.81. The molecule has 0 spiro atoms. The third kappa shape index (κ3) is 19.6. The van der Waals surface area contributed by atoms with Crippen LogP contribution in [0.5, 0.6) is 0 Å². The van der Waals surface area contributed by atoms with Crippen molar-refractivity contribution in [3.8, 4) is 0 Å². The largest absolute Gasteiger partial charge is 0.107 e. The Balaban J connectivity index is -0.0000000800. The molecule has 0 N–H and O–H groups in total. The fourth-order valence-electron chi connectivity index (χ4n) is 0. The lowest BCUT2D eigenvalue weighted by Crippen LogP contribution is -1.50. The summed E-state index contributed by atoms with van der Waals surface area (Å²) in [5, 5.41) is 0. The van der Waals surface area contributed by atoms with Crippen LogP contribution in [0, 0.1) is 0 Å². The summed E-state index contributed by atoms with van der Waals surface area (Å²) < 4.78 is 0. The number of hydrogen-bond acceptors (Lipinski definition) is 0. The second kappa shape index (κ2) is 10.0. The number of rotatable bonds is 1. The van der Waals surface area contributed by atoms with Gasteiger partial charge in [-0.15, -0.1) is 48.0 Å². The number of halogens is 2. The van der Waals surface area contributed by atoms with Crippen LogP contribution in [-0.2, 0) is 0 Å². The molecule has 0 bridgehead atoms.